The van der Waals surface area contributed by atoms with E-state index in [4.69, 9.17) is 9.47 Å². The molecule has 0 atom stereocenters. The molecule has 1 aliphatic heterocycles. The second-order valence-electron chi connectivity index (χ2n) is 6.40. The molecule has 1 fully saturated rings. The zero-order chi connectivity index (χ0) is 18.5. The number of rotatable bonds is 5. The van der Waals surface area contributed by atoms with Crippen LogP contribution in [0.25, 0.3) is 10.9 Å². The number of pyridine rings is 1. The van der Waals surface area contributed by atoms with Gasteiger partial charge in [-0.1, -0.05) is 6.92 Å². The van der Waals surface area contributed by atoms with Crippen LogP contribution in [0.15, 0.2) is 24.4 Å². The molecule has 0 amide bonds. The highest BCUT2D eigenvalue weighted by molar-refractivity contribution is 6.05. The molecule has 0 saturated carbocycles. The van der Waals surface area contributed by atoms with Crippen LogP contribution in [-0.4, -0.2) is 62.3 Å². The first-order valence-electron chi connectivity index (χ1n) is 9.29. The summed E-state index contributed by atoms with van der Waals surface area (Å²) >= 11 is 0. The Balaban J connectivity index is 2.11. The van der Waals surface area contributed by atoms with Crippen molar-refractivity contribution in [3.05, 3.63) is 30.0 Å². The zero-order valence-electron chi connectivity index (χ0n) is 15.8. The zero-order valence-corrected chi connectivity index (χ0v) is 15.8. The first-order valence-corrected chi connectivity index (χ1v) is 9.29. The highest BCUT2D eigenvalue weighted by atomic mass is 16.5. The average molecular weight is 357 g/mol. The van der Waals surface area contributed by atoms with E-state index in [1.807, 2.05) is 25.1 Å². The quantitative estimate of drug-likeness (QED) is 0.767. The molecule has 0 radical (unpaired) electrons. The molecule has 1 aromatic carbocycles. The van der Waals surface area contributed by atoms with Crippen molar-refractivity contribution in [2.75, 3.05) is 51.3 Å². The van der Waals surface area contributed by atoms with E-state index in [0.29, 0.717) is 12.2 Å². The summed E-state index contributed by atoms with van der Waals surface area (Å²) in [4.78, 5) is 21.8. The molecule has 0 aliphatic carbocycles. The monoisotopic (exact) mass is 357 g/mol. The molecule has 2 heterocycles. The van der Waals surface area contributed by atoms with Crippen LogP contribution in [0.1, 0.15) is 30.6 Å². The molecule has 0 bridgehead atoms. The number of aromatic nitrogens is 1. The summed E-state index contributed by atoms with van der Waals surface area (Å²) in [6.07, 6.45) is 2.70. The number of hydrogen-bond acceptors (Lipinski definition) is 6. The molecule has 0 spiro atoms. The van der Waals surface area contributed by atoms with Crippen LogP contribution < -0.4 is 9.64 Å². The van der Waals surface area contributed by atoms with Gasteiger partial charge in [0.1, 0.15) is 11.3 Å². The van der Waals surface area contributed by atoms with E-state index in [9.17, 15) is 4.79 Å². The van der Waals surface area contributed by atoms with Gasteiger partial charge >= 0.3 is 5.97 Å². The van der Waals surface area contributed by atoms with E-state index < -0.39 is 0 Å². The van der Waals surface area contributed by atoms with Crippen LogP contribution >= 0.6 is 0 Å². The maximum absolute atomic E-state index is 12.6. The van der Waals surface area contributed by atoms with E-state index >= 15 is 0 Å². The number of fused-ring (bicyclic) bond motifs is 1. The third-order valence-corrected chi connectivity index (χ3v) is 4.89. The van der Waals surface area contributed by atoms with Crippen molar-refractivity contribution in [3.8, 4) is 5.75 Å². The van der Waals surface area contributed by atoms with Gasteiger partial charge in [0.15, 0.2) is 0 Å². The van der Waals surface area contributed by atoms with Gasteiger partial charge in [0.2, 0.25) is 0 Å². The summed E-state index contributed by atoms with van der Waals surface area (Å²) < 4.78 is 10.7. The molecule has 26 heavy (non-hydrogen) atoms. The topological polar surface area (TPSA) is 54.9 Å². The van der Waals surface area contributed by atoms with Gasteiger partial charge in [-0.25, -0.2) is 4.79 Å². The molecule has 2 aromatic rings. The average Bonchev–Trinajstić information content (AvgIpc) is 2.92. The van der Waals surface area contributed by atoms with Gasteiger partial charge in [0.05, 0.1) is 24.9 Å². The molecule has 140 valence electrons. The minimum absolute atomic E-state index is 0.323. The van der Waals surface area contributed by atoms with E-state index in [0.717, 1.165) is 61.5 Å². The summed E-state index contributed by atoms with van der Waals surface area (Å²) in [6.45, 7) is 9.23. The van der Waals surface area contributed by atoms with Crippen molar-refractivity contribution in [1.29, 1.82) is 0 Å². The largest absolute Gasteiger partial charge is 0.497 e. The summed E-state index contributed by atoms with van der Waals surface area (Å²) in [5, 5.41) is 0.930. The summed E-state index contributed by atoms with van der Waals surface area (Å²) in [6, 6.07) is 5.79. The van der Waals surface area contributed by atoms with Crippen LogP contribution in [0.5, 0.6) is 5.75 Å². The third kappa shape index (κ3) is 3.75. The van der Waals surface area contributed by atoms with E-state index in [-0.39, 0.29) is 5.97 Å². The van der Waals surface area contributed by atoms with Crippen LogP contribution in [0.4, 0.5) is 5.69 Å². The Hall–Kier alpha value is -2.34. The Labute approximate surface area is 154 Å². The van der Waals surface area contributed by atoms with Gasteiger partial charge < -0.3 is 19.3 Å². The highest BCUT2D eigenvalue weighted by Gasteiger charge is 2.23. The molecule has 3 rings (SSSR count). The number of esters is 1. The van der Waals surface area contributed by atoms with Crippen molar-refractivity contribution in [3.63, 3.8) is 0 Å². The van der Waals surface area contributed by atoms with Gasteiger partial charge in [-0.05, 0) is 44.6 Å². The van der Waals surface area contributed by atoms with E-state index in [1.165, 1.54) is 0 Å². The second kappa shape index (κ2) is 8.36. The Bertz CT molecular complexity index is 778. The minimum atomic E-state index is -0.323. The number of carbonyl (C=O) groups is 1. The lowest BCUT2D eigenvalue weighted by atomic mass is 10.1. The van der Waals surface area contributed by atoms with E-state index in [2.05, 4.69) is 21.7 Å². The smallest absolute Gasteiger partial charge is 0.341 e. The summed E-state index contributed by atoms with van der Waals surface area (Å²) in [5.74, 6) is 0.433. The predicted molar refractivity (Wildman–Crippen MR) is 103 cm³/mol. The van der Waals surface area contributed by atoms with Crippen LogP contribution in [-0.2, 0) is 4.74 Å². The lowest BCUT2D eigenvalue weighted by Gasteiger charge is -2.26. The molecule has 1 saturated heterocycles. The number of nitrogens with zero attached hydrogens (tertiary/aromatic N) is 3. The van der Waals surface area contributed by atoms with Crippen molar-refractivity contribution in [2.45, 2.75) is 20.3 Å². The van der Waals surface area contributed by atoms with Gasteiger partial charge in [-0.3, -0.25) is 4.98 Å². The number of carbonyl (C=O) groups excluding carboxylic acids is 1. The first-order chi connectivity index (χ1) is 12.7. The van der Waals surface area contributed by atoms with Crippen molar-refractivity contribution < 1.29 is 14.3 Å². The minimum Gasteiger partial charge on any atom is -0.497 e. The van der Waals surface area contributed by atoms with Crippen molar-refractivity contribution in [2.24, 2.45) is 0 Å². The fourth-order valence-corrected chi connectivity index (χ4v) is 3.49. The lowest BCUT2D eigenvalue weighted by Crippen LogP contribution is -2.31. The maximum Gasteiger partial charge on any atom is 0.341 e. The predicted octanol–water partition coefficient (Wildman–Crippen LogP) is 2.95. The van der Waals surface area contributed by atoms with Gasteiger partial charge in [-0.2, -0.15) is 0 Å². The molecular formula is C20H27N3O3. The van der Waals surface area contributed by atoms with E-state index in [1.54, 1.807) is 13.3 Å². The van der Waals surface area contributed by atoms with Crippen LogP contribution in [0, 0.1) is 0 Å². The Morgan fingerprint density at radius 1 is 1.19 bits per heavy atom. The molecule has 1 aromatic heterocycles. The molecule has 1 aliphatic rings. The standard InChI is InChI=1S/C20H27N3O3/c1-4-22-9-6-10-23(12-11-22)19-16-13-15(25-3)7-8-18(16)21-14-17(19)20(24)26-5-2/h7-8,13-14H,4-6,9-12H2,1-3H3. The number of anilines is 1. The Morgan fingerprint density at radius 3 is 2.77 bits per heavy atom. The SMILES string of the molecule is CCOC(=O)c1cnc2ccc(OC)cc2c1N1CCCN(CC)CC1. The van der Waals surface area contributed by atoms with Crippen LogP contribution in [0.3, 0.4) is 0 Å². The lowest BCUT2D eigenvalue weighted by molar-refractivity contribution is 0.0527. The number of ether oxygens (including phenoxy) is 2. The fraction of sp³-hybridized carbons (Fsp3) is 0.500. The van der Waals surface area contributed by atoms with Crippen molar-refractivity contribution >= 4 is 22.6 Å². The van der Waals surface area contributed by atoms with Crippen LogP contribution in [0.2, 0.25) is 0 Å². The normalized spacial score (nSPS) is 15.7. The number of benzene rings is 1. The molecule has 6 nitrogen and oxygen atoms in total. The molecule has 0 N–H and O–H groups in total. The number of methoxy groups -OCH3 is 1. The maximum atomic E-state index is 12.6. The third-order valence-electron chi connectivity index (χ3n) is 4.89. The van der Waals surface area contributed by atoms with Crippen molar-refractivity contribution in [1.82, 2.24) is 9.88 Å². The highest BCUT2D eigenvalue weighted by Crippen LogP contribution is 2.33. The van der Waals surface area contributed by atoms with Gasteiger partial charge in [0, 0.05) is 31.2 Å². The fourth-order valence-electron chi connectivity index (χ4n) is 3.49. The number of likely N-dealkylation sites (N-methyl/N-ethyl adjacent to an activating group) is 1. The summed E-state index contributed by atoms with van der Waals surface area (Å²) in [7, 11) is 1.65. The first kappa shape index (κ1) is 18.5. The van der Waals surface area contributed by atoms with Gasteiger partial charge in [-0.15, -0.1) is 0 Å². The Kier molecular flexibility index (Phi) is 5.93. The Morgan fingerprint density at radius 2 is 2.04 bits per heavy atom. The molecule has 6 heteroatoms. The second-order valence-corrected chi connectivity index (χ2v) is 6.40. The summed E-state index contributed by atoms with van der Waals surface area (Å²) in [5.41, 5.74) is 2.29. The van der Waals surface area contributed by atoms with Gasteiger partial charge in [0.25, 0.3) is 0 Å². The molecular weight excluding hydrogens is 330 g/mol. The molecule has 0 unspecified atom stereocenters. The number of hydrogen-bond donors (Lipinski definition) is 0.